The first kappa shape index (κ1) is 20.9. The van der Waals surface area contributed by atoms with Crippen LogP contribution in [0.4, 0.5) is 13.2 Å². The first-order chi connectivity index (χ1) is 12.5. The Balaban J connectivity index is 2.34. The lowest BCUT2D eigenvalue weighted by Gasteiger charge is -2.21. The number of nitrogens with one attached hydrogen (secondary N) is 1. The molecule has 0 bridgehead atoms. The zero-order valence-corrected chi connectivity index (χ0v) is 15.9. The van der Waals surface area contributed by atoms with E-state index in [-0.39, 0.29) is 33.8 Å². The molecule has 1 N–H and O–H groups in total. The minimum atomic E-state index is -4.70. The van der Waals surface area contributed by atoms with Gasteiger partial charge in [-0.3, -0.25) is 9.48 Å². The zero-order chi connectivity index (χ0) is 20.4. The summed E-state index contributed by atoms with van der Waals surface area (Å²) in [7, 11) is 2.82. The Kier molecular flexibility index (Phi) is 6.25. The van der Waals surface area contributed by atoms with Gasteiger partial charge in [-0.15, -0.1) is 0 Å². The van der Waals surface area contributed by atoms with E-state index in [0.29, 0.717) is 0 Å². The number of carbonyl (C=O) groups is 1. The number of methoxy groups -OCH3 is 1. The van der Waals surface area contributed by atoms with Crippen molar-refractivity contribution in [2.24, 2.45) is 7.05 Å². The number of aryl methyl sites for hydroxylation is 1. The second-order valence-electron chi connectivity index (χ2n) is 6.05. The summed E-state index contributed by atoms with van der Waals surface area (Å²) in [5.41, 5.74) is -0.276. The van der Waals surface area contributed by atoms with Gasteiger partial charge >= 0.3 is 6.18 Å². The van der Waals surface area contributed by atoms with Gasteiger partial charge in [-0.25, -0.2) is 0 Å². The third kappa shape index (κ3) is 5.06. The molecule has 0 aliphatic rings. The van der Waals surface area contributed by atoms with Crippen molar-refractivity contribution < 1.29 is 27.4 Å². The molecular weight excluding hydrogens is 387 g/mol. The van der Waals surface area contributed by atoms with Crippen LogP contribution in [0.25, 0.3) is 0 Å². The fourth-order valence-corrected chi connectivity index (χ4v) is 2.61. The minimum absolute atomic E-state index is 0.0538. The molecule has 0 radical (unpaired) electrons. The number of ether oxygens (including phenoxy) is 2. The number of amides is 1. The third-order valence-electron chi connectivity index (χ3n) is 3.51. The van der Waals surface area contributed by atoms with Gasteiger partial charge in [0.15, 0.2) is 17.5 Å². The Morgan fingerprint density at radius 3 is 2.48 bits per heavy atom. The van der Waals surface area contributed by atoms with Gasteiger partial charge in [0.05, 0.1) is 24.4 Å². The van der Waals surface area contributed by atoms with E-state index in [2.05, 4.69) is 5.10 Å². The zero-order valence-electron chi connectivity index (χ0n) is 15.1. The van der Waals surface area contributed by atoms with E-state index >= 15 is 0 Å². The topological polar surface area (TPSA) is 65.4 Å². The fraction of sp³-hybridized carbons (Fsp3) is 0.412. The van der Waals surface area contributed by atoms with Gasteiger partial charge in [0.25, 0.3) is 5.91 Å². The summed E-state index contributed by atoms with van der Waals surface area (Å²) in [5, 5.41) is 5.74. The highest BCUT2D eigenvalue weighted by Gasteiger charge is 2.42. The van der Waals surface area contributed by atoms with Crippen molar-refractivity contribution in [2.75, 3.05) is 7.11 Å². The summed E-state index contributed by atoms with van der Waals surface area (Å²) >= 11 is 6.13. The van der Waals surface area contributed by atoms with E-state index in [1.165, 1.54) is 37.2 Å². The molecule has 2 aromatic rings. The smallest absolute Gasteiger partial charge is 0.413 e. The Labute approximate surface area is 159 Å². The highest BCUT2D eigenvalue weighted by molar-refractivity contribution is 6.32. The average Bonchev–Trinajstić information content (AvgIpc) is 2.98. The van der Waals surface area contributed by atoms with Gasteiger partial charge in [-0.2, -0.15) is 18.3 Å². The number of alkyl halides is 3. The molecule has 1 amide bonds. The van der Waals surface area contributed by atoms with Crippen molar-refractivity contribution in [3.8, 4) is 11.5 Å². The van der Waals surface area contributed by atoms with Gasteiger partial charge in [0.2, 0.25) is 0 Å². The molecule has 27 heavy (non-hydrogen) atoms. The summed E-state index contributed by atoms with van der Waals surface area (Å²) in [4.78, 5) is 12.4. The van der Waals surface area contributed by atoms with Crippen LogP contribution in [0.2, 0.25) is 5.02 Å². The molecule has 10 heteroatoms. The van der Waals surface area contributed by atoms with E-state index in [4.69, 9.17) is 21.1 Å². The lowest BCUT2D eigenvalue weighted by Crippen LogP contribution is -2.38. The van der Waals surface area contributed by atoms with Crippen LogP contribution in [0, 0.1) is 0 Å². The van der Waals surface area contributed by atoms with Gasteiger partial charge in [0.1, 0.15) is 0 Å². The molecule has 0 fully saturated rings. The predicted octanol–water partition coefficient (Wildman–Crippen LogP) is 3.90. The molecule has 0 saturated carbocycles. The number of carbonyl (C=O) groups excluding carboxylic acids is 1. The lowest BCUT2D eigenvalue weighted by atomic mass is 10.1. The van der Waals surface area contributed by atoms with Gasteiger partial charge in [-0.1, -0.05) is 11.6 Å². The van der Waals surface area contributed by atoms with Crippen LogP contribution in [-0.4, -0.2) is 35.1 Å². The van der Waals surface area contributed by atoms with E-state index in [9.17, 15) is 18.0 Å². The van der Waals surface area contributed by atoms with Crippen LogP contribution in [-0.2, 0) is 7.05 Å². The number of rotatable bonds is 6. The van der Waals surface area contributed by atoms with Crippen molar-refractivity contribution in [3.63, 3.8) is 0 Å². The molecule has 2 rings (SSSR count). The van der Waals surface area contributed by atoms with Crippen molar-refractivity contribution in [2.45, 2.75) is 32.2 Å². The summed E-state index contributed by atoms with van der Waals surface area (Å²) in [6, 6.07) is 0.290. The van der Waals surface area contributed by atoms with Crippen molar-refractivity contribution in [1.82, 2.24) is 15.1 Å². The Morgan fingerprint density at radius 2 is 2.00 bits per heavy atom. The molecule has 1 heterocycles. The van der Waals surface area contributed by atoms with Gasteiger partial charge in [0, 0.05) is 24.4 Å². The maximum atomic E-state index is 13.4. The summed E-state index contributed by atoms with van der Waals surface area (Å²) in [6.07, 6.45) is -2.68. The summed E-state index contributed by atoms with van der Waals surface area (Å²) in [5.74, 6) is -0.603. The highest BCUT2D eigenvalue weighted by atomic mass is 35.5. The number of aromatic nitrogens is 2. The SMILES string of the molecule is COc1cc(C(=O)NC(c2cnn(C)c2)C(F)(F)F)cc(Cl)c1OC(C)C. The number of nitrogens with zero attached hydrogens (tertiary/aromatic N) is 2. The first-order valence-corrected chi connectivity index (χ1v) is 8.31. The largest absolute Gasteiger partial charge is 0.493 e. The molecule has 1 atom stereocenters. The molecule has 6 nitrogen and oxygen atoms in total. The number of hydrogen-bond acceptors (Lipinski definition) is 4. The Bertz CT molecular complexity index is 821. The summed E-state index contributed by atoms with van der Waals surface area (Å²) < 4.78 is 52.1. The fourth-order valence-electron chi connectivity index (χ4n) is 2.36. The maximum Gasteiger partial charge on any atom is 0.413 e. The average molecular weight is 406 g/mol. The Morgan fingerprint density at radius 1 is 1.33 bits per heavy atom. The standard InChI is InChI=1S/C17H19ClF3N3O3/c1-9(2)27-14-12(18)5-10(6-13(14)26-4)16(25)23-15(17(19,20)21)11-7-22-24(3)8-11/h5-9,15H,1-4H3,(H,23,25). The van der Waals surface area contributed by atoms with Crippen molar-refractivity contribution in [3.05, 3.63) is 40.7 Å². The maximum absolute atomic E-state index is 13.4. The molecule has 0 aliphatic carbocycles. The molecular formula is C17H19ClF3N3O3. The van der Waals surface area contributed by atoms with Crippen molar-refractivity contribution in [1.29, 1.82) is 0 Å². The number of hydrogen-bond donors (Lipinski definition) is 1. The second-order valence-corrected chi connectivity index (χ2v) is 6.46. The van der Waals surface area contributed by atoms with E-state index in [1.807, 2.05) is 5.32 Å². The van der Waals surface area contributed by atoms with Crippen LogP contribution < -0.4 is 14.8 Å². The lowest BCUT2D eigenvalue weighted by molar-refractivity contribution is -0.155. The van der Waals surface area contributed by atoms with E-state index in [1.54, 1.807) is 13.8 Å². The van der Waals surface area contributed by atoms with Crippen LogP contribution in [0.3, 0.4) is 0 Å². The van der Waals surface area contributed by atoms with Gasteiger partial charge < -0.3 is 14.8 Å². The quantitative estimate of drug-likeness (QED) is 0.791. The van der Waals surface area contributed by atoms with Crippen LogP contribution in [0.5, 0.6) is 11.5 Å². The minimum Gasteiger partial charge on any atom is -0.493 e. The number of benzene rings is 1. The second kappa shape index (κ2) is 8.08. The molecule has 0 aliphatic heterocycles. The molecule has 1 unspecified atom stereocenters. The van der Waals surface area contributed by atoms with Crippen molar-refractivity contribution >= 4 is 17.5 Å². The van der Waals surface area contributed by atoms with E-state index < -0.39 is 18.1 Å². The molecule has 1 aromatic heterocycles. The highest BCUT2D eigenvalue weighted by Crippen LogP contribution is 2.38. The first-order valence-electron chi connectivity index (χ1n) is 7.93. The molecule has 0 saturated heterocycles. The van der Waals surface area contributed by atoms with Crippen LogP contribution in [0.15, 0.2) is 24.5 Å². The predicted molar refractivity (Wildman–Crippen MR) is 93.2 cm³/mol. The molecule has 0 spiro atoms. The Hall–Kier alpha value is -2.42. The molecule has 148 valence electrons. The monoisotopic (exact) mass is 405 g/mol. The summed E-state index contributed by atoms with van der Waals surface area (Å²) in [6.45, 7) is 3.55. The van der Waals surface area contributed by atoms with Crippen LogP contribution >= 0.6 is 11.6 Å². The molecule has 1 aromatic carbocycles. The van der Waals surface area contributed by atoms with E-state index in [0.717, 1.165) is 6.20 Å². The third-order valence-corrected chi connectivity index (χ3v) is 3.79. The number of halogens is 4. The normalized spacial score (nSPS) is 12.8. The van der Waals surface area contributed by atoms with Crippen LogP contribution in [0.1, 0.15) is 35.8 Å². The van der Waals surface area contributed by atoms with Gasteiger partial charge in [-0.05, 0) is 26.0 Å².